The van der Waals surface area contributed by atoms with E-state index in [9.17, 15) is 4.79 Å². The Labute approximate surface area is 185 Å². The number of fused-ring (bicyclic) bond motifs is 2. The number of ether oxygens (including phenoxy) is 2. The van der Waals surface area contributed by atoms with Gasteiger partial charge in [0.05, 0.1) is 29.9 Å². The molecule has 0 saturated carbocycles. The number of hydrogen-bond donors (Lipinski definition) is 1. The van der Waals surface area contributed by atoms with E-state index >= 15 is 0 Å². The van der Waals surface area contributed by atoms with Crippen LogP contribution in [0.15, 0.2) is 48.5 Å². The van der Waals surface area contributed by atoms with E-state index < -0.39 is 0 Å². The van der Waals surface area contributed by atoms with Crippen LogP contribution in [0.3, 0.4) is 0 Å². The Balaban J connectivity index is 1.03. The van der Waals surface area contributed by atoms with Gasteiger partial charge in [0.25, 0.3) is 0 Å². The standard InChI is InChI=1S/C23H26N4O3S/c28-22(24-13-17-16-29-19-6-2-3-7-20(19)30-17)14-26-9-11-27(12-10-26)15-23-25-18-5-1-4-8-21(18)31-23/h1-8,17H,9-16H2,(H,24,28)/t17-/m1/s1. The van der Waals surface area contributed by atoms with Gasteiger partial charge < -0.3 is 14.8 Å². The van der Waals surface area contributed by atoms with Gasteiger partial charge in [0.2, 0.25) is 5.91 Å². The summed E-state index contributed by atoms with van der Waals surface area (Å²) in [5.41, 5.74) is 1.08. The highest BCUT2D eigenvalue weighted by atomic mass is 32.1. The van der Waals surface area contributed by atoms with Gasteiger partial charge in [-0.05, 0) is 24.3 Å². The fourth-order valence-electron chi connectivity index (χ4n) is 3.93. The third-order valence-electron chi connectivity index (χ3n) is 5.62. The predicted octanol–water partition coefficient (Wildman–Crippen LogP) is 2.37. The molecule has 1 aromatic heterocycles. The Morgan fingerprint density at radius 1 is 1.03 bits per heavy atom. The zero-order valence-corrected chi connectivity index (χ0v) is 18.1. The van der Waals surface area contributed by atoms with Crippen LogP contribution < -0.4 is 14.8 Å². The van der Waals surface area contributed by atoms with Crippen molar-refractivity contribution < 1.29 is 14.3 Å². The summed E-state index contributed by atoms with van der Waals surface area (Å²) < 4.78 is 12.8. The minimum atomic E-state index is -0.162. The minimum absolute atomic E-state index is 0.0297. The predicted molar refractivity (Wildman–Crippen MR) is 121 cm³/mol. The molecule has 0 aliphatic carbocycles. The van der Waals surface area contributed by atoms with Crippen LogP contribution in [0.4, 0.5) is 0 Å². The number of rotatable bonds is 6. The van der Waals surface area contributed by atoms with E-state index in [0.29, 0.717) is 19.7 Å². The number of nitrogens with zero attached hydrogens (tertiary/aromatic N) is 3. The summed E-state index contributed by atoms with van der Waals surface area (Å²) in [6, 6.07) is 15.9. The van der Waals surface area contributed by atoms with Gasteiger partial charge in [-0.2, -0.15) is 0 Å². The molecule has 0 unspecified atom stereocenters. The summed E-state index contributed by atoms with van der Waals surface area (Å²) in [6.45, 7) is 5.84. The van der Waals surface area contributed by atoms with Crippen LogP contribution in [-0.4, -0.2) is 72.7 Å². The smallest absolute Gasteiger partial charge is 0.234 e. The molecule has 1 fully saturated rings. The van der Waals surface area contributed by atoms with Gasteiger partial charge >= 0.3 is 0 Å². The molecule has 31 heavy (non-hydrogen) atoms. The van der Waals surface area contributed by atoms with Crippen molar-refractivity contribution in [1.29, 1.82) is 0 Å². The SMILES string of the molecule is O=C(CN1CCN(Cc2nc3ccccc3s2)CC1)NC[C@@H]1COc2ccccc2O1. The first-order valence-electron chi connectivity index (χ1n) is 10.7. The summed E-state index contributed by atoms with van der Waals surface area (Å²) in [4.78, 5) is 21.8. The minimum Gasteiger partial charge on any atom is -0.486 e. The number of benzene rings is 2. The molecule has 2 aromatic carbocycles. The third kappa shape index (κ3) is 4.98. The Bertz CT molecular complexity index is 1010. The molecule has 1 N–H and O–H groups in total. The molecular weight excluding hydrogens is 412 g/mol. The number of carbonyl (C=O) groups is 1. The van der Waals surface area contributed by atoms with E-state index in [1.54, 1.807) is 11.3 Å². The normalized spacial score (nSPS) is 19.4. The molecule has 162 valence electrons. The number of nitrogens with one attached hydrogen (secondary N) is 1. The quantitative estimate of drug-likeness (QED) is 0.638. The van der Waals surface area contributed by atoms with Gasteiger partial charge in [-0.3, -0.25) is 14.6 Å². The Morgan fingerprint density at radius 3 is 2.61 bits per heavy atom. The monoisotopic (exact) mass is 438 g/mol. The highest BCUT2D eigenvalue weighted by molar-refractivity contribution is 7.18. The average molecular weight is 439 g/mol. The number of piperazine rings is 1. The zero-order valence-electron chi connectivity index (χ0n) is 17.3. The van der Waals surface area contributed by atoms with Gasteiger partial charge in [-0.15, -0.1) is 11.3 Å². The van der Waals surface area contributed by atoms with E-state index in [-0.39, 0.29) is 12.0 Å². The summed E-state index contributed by atoms with van der Waals surface area (Å²) >= 11 is 1.77. The topological polar surface area (TPSA) is 66.9 Å². The average Bonchev–Trinajstić information content (AvgIpc) is 3.21. The molecule has 1 saturated heterocycles. The second kappa shape index (κ2) is 9.21. The largest absolute Gasteiger partial charge is 0.486 e. The van der Waals surface area contributed by atoms with Gasteiger partial charge in [-0.1, -0.05) is 24.3 Å². The number of aromatic nitrogens is 1. The molecule has 1 amide bonds. The lowest BCUT2D eigenvalue weighted by atomic mass is 10.2. The van der Waals surface area contributed by atoms with Crippen molar-refractivity contribution in [3.63, 3.8) is 0 Å². The number of thiazole rings is 1. The maximum absolute atomic E-state index is 12.4. The maximum atomic E-state index is 12.4. The lowest BCUT2D eigenvalue weighted by Crippen LogP contribution is -2.50. The second-order valence-corrected chi connectivity index (χ2v) is 9.04. The van der Waals surface area contributed by atoms with Crippen molar-refractivity contribution in [2.75, 3.05) is 45.9 Å². The first-order valence-corrected chi connectivity index (χ1v) is 11.5. The molecule has 7 nitrogen and oxygen atoms in total. The number of hydrogen-bond acceptors (Lipinski definition) is 7. The first kappa shape index (κ1) is 20.2. The summed E-state index contributed by atoms with van der Waals surface area (Å²) in [5.74, 6) is 1.52. The van der Waals surface area contributed by atoms with Crippen LogP contribution in [0.25, 0.3) is 10.2 Å². The molecule has 5 rings (SSSR count). The van der Waals surface area contributed by atoms with Crippen LogP contribution in [0.2, 0.25) is 0 Å². The highest BCUT2D eigenvalue weighted by Crippen LogP contribution is 2.30. The lowest BCUT2D eigenvalue weighted by Gasteiger charge is -2.34. The Morgan fingerprint density at radius 2 is 1.77 bits per heavy atom. The molecule has 0 spiro atoms. The molecule has 0 radical (unpaired) electrons. The van der Waals surface area contributed by atoms with Gasteiger partial charge in [0, 0.05) is 26.2 Å². The van der Waals surface area contributed by atoms with Crippen molar-refractivity contribution in [3.05, 3.63) is 53.5 Å². The first-order chi connectivity index (χ1) is 15.2. The molecule has 2 aliphatic rings. The van der Waals surface area contributed by atoms with Crippen LogP contribution >= 0.6 is 11.3 Å². The number of carbonyl (C=O) groups excluding carboxylic acids is 1. The van der Waals surface area contributed by atoms with E-state index in [4.69, 9.17) is 14.5 Å². The fraction of sp³-hybridized carbons (Fsp3) is 0.391. The van der Waals surface area contributed by atoms with Crippen LogP contribution in [0.5, 0.6) is 11.5 Å². The van der Waals surface area contributed by atoms with Gasteiger partial charge in [0.1, 0.15) is 17.7 Å². The zero-order chi connectivity index (χ0) is 21.0. The van der Waals surface area contributed by atoms with Crippen molar-refractivity contribution >= 4 is 27.5 Å². The van der Waals surface area contributed by atoms with E-state index in [0.717, 1.165) is 54.7 Å². The van der Waals surface area contributed by atoms with Crippen molar-refractivity contribution in [3.8, 4) is 11.5 Å². The van der Waals surface area contributed by atoms with E-state index in [1.165, 1.54) is 4.70 Å². The summed E-state index contributed by atoms with van der Waals surface area (Å²) in [5, 5.41) is 4.15. The van der Waals surface area contributed by atoms with Crippen LogP contribution in [-0.2, 0) is 11.3 Å². The molecule has 3 aromatic rings. The molecule has 1 atom stereocenters. The Hall–Kier alpha value is -2.68. The molecule has 0 bridgehead atoms. The highest BCUT2D eigenvalue weighted by Gasteiger charge is 2.23. The van der Waals surface area contributed by atoms with Crippen molar-refractivity contribution in [1.82, 2.24) is 20.1 Å². The van der Waals surface area contributed by atoms with Gasteiger partial charge in [0.15, 0.2) is 11.5 Å². The maximum Gasteiger partial charge on any atom is 0.234 e. The molecule has 3 heterocycles. The van der Waals surface area contributed by atoms with Crippen molar-refractivity contribution in [2.45, 2.75) is 12.6 Å². The van der Waals surface area contributed by atoms with Crippen molar-refractivity contribution in [2.24, 2.45) is 0 Å². The molecule has 8 heteroatoms. The van der Waals surface area contributed by atoms with E-state index in [2.05, 4.69) is 33.3 Å². The van der Waals surface area contributed by atoms with Crippen LogP contribution in [0, 0.1) is 0 Å². The molecular formula is C23H26N4O3S. The number of amides is 1. The van der Waals surface area contributed by atoms with Crippen LogP contribution in [0.1, 0.15) is 5.01 Å². The molecule has 2 aliphatic heterocycles. The third-order valence-corrected chi connectivity index (χ3v) is 6.64. The fourth-order valence-corrected chi connectivity index (χ4v) is 4.94. The van der Waals surface area contributed by atoms with Gasteiger partial charge in [-0.25, -0.2) is 4.98 Å². The second-order valence-electron chi connectivity index (χ2n) is 7.93. The summed E-state index contributed by atoms with van der Waals surface area (Å²) in [7, 11) is 0. The van der Waals surface area contributed by atoms with E-state index in [1.807, 2.05) is 30.3 Å². The lowest BCUT2D eigenvalue weighted by molar-refractivity contribution is -0.123. The summed E-state index contributed by atoms with van der Waals surface area (Å²) in [6.07, 6.45) is -0.162. The Kier molecular flexibility index (Phi) is 6.01. The number of para-hydroxylation sites is 3.